The van der Waals surface area contributed by atoms with Gasteiger partial charge < -0.3 is 5.73 Å². The highest BCUT2D eigenvalue weighted by Gasteiger charge is 2.38. The number of hydrogen-bond acceptors (Lipinski definition) is 3. The Morgan fingerprint density at radius 3 is 2.33 bits per heavy atom. The fourth-order valence-electron chi connectivity index (χ4n) is 2.84. The molecular formula is C14H29NO2S. The molecule has 4 atom stereocenters. The Kier molecular flexibility index (Phi) is 5.66. The van der Waals surface area contributed by atoms with Crippen molar-refractivity contribution in [2.75, 3.05) is 5.75 Å². The van der Waals surface area contributed by atoms with Gasteiger partial charge >= 0.3 is 0 Å². The molecule has 0 aromatic carbocycles. The van der Waals surface area contributed by atoms with Crippen LogP contribution in [0.15, 0.2) is 0 Å². The Labute approximate surface area is 112 Å². The van der Waals surface area contributed by atoms with Crippen molar-refractivity contribution in [3.8, 4) is 0 Å². The zero-order valence-corrected chi connectivity index (χ0v) is 13.0. The Morgan fingerprint density at radius 2 is 1.83 bits per heavy atom. The molecule has 18 heavy (non-hydrogen) atoms. The zero-order valence-electron chi connectivity index (χ0n) is 12.2. The minimum atomic E-state index is -3.04. The SMILES string of the molecule is CCC(C)CS(=O)(=O)C1CC(C(C)C)CCC1N. The van der Waals surface area contributed by atoms with E-state index in [1.165, 1.54) is 0 Å². The monoisotopic (exact) mass is 275 g/mol. The van der Waals surface area contributed by atoms with Gasteiger partial charge in [0.1, 0.15) is 0 Å². The largest absolute Gasteiger partial charge is 0.327 e. The summed E-state index contributed by atoms with van der Waals surface area (Å²) >= 11 is 0. The van der Waals surface area contributed by atoms with Crippen LogP contribution in [0.3, 0.4) is 0 Å². The summed E-state index contributed by atoms with van der Waals surface area (Å²) < 4.78 is 24.9. The van der Waals surface area contributed by atoms with Gasteiger partial charge in [0.25, 0.3) is 0 Å². The van der Waals surface area contributed by atoms with Gasteiger partial charge in [-0.25, -0.2) is 8.42 Å². The second kappa shape index (κ2) is 6.38. The Hall–Kier alpha value is -0.0900. The summed E-state index contributed by atoms with van der Waals surface area (Å²) in [5.41, 5.74) is 6.07. The van der Waals surface area contributed by atoms with E-state index in [0.717, 1.165) is 25.7 Å². The lowest BCUT2D eigenvalue weighted by molar-refractivity contribution is 0.260. The van der Waals surface area contributed by atoms with Crippen LogP contribution in [-0.4, -0.2) is 25.5 Å². The van der Waals surface area contributed by atoms with Crippen LogP contribution in [0.2, 0.25) is 0 Å². The highest BCUT2D eigenvalue weighted by molar-refractivity contribution is 7.92. The lowest BCUT2D eigenvalue weighted by Gasteiger charge is -2.36. The van der Waals surface area contributed by atoms with Gasteiger partial charge in [0.2, 0.25) is 0 Å². The molecule has 0 saturated heterocycles. The van der Waals surface area contributed by atoms with Crippen molar-refractivity contribution in [2.24, 2.45) is 23.5 Å². The molecule has 0 radical (unpaired) electrons. The summed E-state index contributed by atoms with van der Waals surface area (Å²) in [4.78, 5) is 0. The van der Waals surface area contributed by atoms with Crippen LogP contribution in [-0.2, 0) is 9.84 Å². The molecule has 1 fully saturated rings. The van der Waals surface area contributed by atoms with Crippen molar-refractivity contribution in [2.45, 2.75) is 64.7 Å². The summed E-state index contributed by atoms with van der Waals surface area (Å²) in [5.74, 6) is 1.61. The fourth-order valence-corrected chi connectivity index (χ4v) is 5.33. The quantitative estimate of drug-likeness (QED) is 0.839. The van der Waals surface area contributed by atoms with Crippen molar-refractivity contribution >= 4 is 9.84 Å². The molecule has 1 aliphatic rings. The standard InChI is InChI=1S/C14H29NO2S/c1-5-11(4)9-18(16,17)14-8-12(10(2)3)6-7-13(14)15/h10-14H,5-9,15H2,1-4H3. The average Bonchev–Trinajstić information content (AvgIpc) is 2.28. The molecule has 0 aromatic rings. The first-order chi connectivity index (χ1) is 8.27. The van der Waals surface area contributed by atoms with Crippen LogP contribution in [0.4, 0.5) is 0 Å². The topological polar surface area (TPSA) is 60.2 Å². The van der Waals surface area contributed by atoms with Crippen molar-refractivity contribution in [1.29, 1.82) is 0 Å². The summed E-state index contributed by atoms with van der Waals surface area (Å²) in [7, 11) is -3.04. The second-order valence-corrected chi connectivity index (χ2v) is 8.63. The van der Waals surface area contributed by atoms with E-state index in [1.54, 1.807) is 0 Å². The van der Waals surface area contributed by atoms with Gasteiger partial charge in [0, 0.05) is 6.04 Å². The highest BCUT2D eigenvalue weighted by atomic mass is 32.2. The molecule has 1 rings (SSSR count). The molecule has 4 unspecified atom stereocenters. The molecule has 0 bridgehead atoms. The molecule has 4 heteroatoms. The van der Waals surface area contributed by atoms with Crippen molar-refractivity contribution in [3.05, 3.63) is 0 Å². The molecular weight excluding hydrogens is 246 g/mol. The maximum atomic E-state index is 12.5. The van der Waals surface area contributed by atoms with Gasteiger partial charge in [-0.15, -0.1) is 0 Å². The maximum absolute atomic E-state index is 12.5. The number of hydrogen-bond donors (Lipinski definition) is 1. The average molecular weight is 275 g/mol. The van der Waals surface area contributed by atoms with E-state index in [0.29, 0.717) is 17.6 Å². The predicted molar refractivity (Wildman–Crippen MR) is 77.2 cm³/mol. The van der Waals surface area contributed by atoms with Gasteiger partial charge in [-0.1, -0.05) is 34.1 Å². The van der Waals surface area contributed by atoms with Crippen molar-refractivity contribution in [3.63, 3.8) is 0 Å². The van der Waals surface area contributed by atoms with E-state index in [2.05, 4.69) is 13.8 Å². The third kappa shape index (κ3) is 3.95. The van der Waals surface area contributed by atoms with Crippen LogP contribution >= 0.6 is 0 Å². The normalized spacial score (nSPS) is 31.6. The van der Waals surface area contributed by atoms with Gasteiger partial charge in [0.15, 0.2) is 9.84 Å². The van der Waals surface area contributed by atoms with E-state index < -0.39 is 9.84 Å². The van der Waals surface area contributed by atoms with Crippen LogP contribution in [0.5, 0.6) is 0 Å². The molecule has 0 spiro atoms. The molecule has 1 saturated carbocycles. The van der Waals surface area contributed by atoms with Gasteiger partial charge in [-0.05, 0) is 37.0 Å². The van der Waals surface area contributed by atoms with E-state index in [1.807, 2.05) is 13.8 Å². The third-order valence-corrected chi connectivity index (χ3v) is 7.00. The number of rotatable bonds is 5. The minimum absolute atomic E-state index is 0.158. The summed E-state index contributed by atoms with van der Waals surface area (Å²) in [6, 6.07) is -0.158. The molecule has 2 N–H and O–H groups in total. The molecule has 0 amide bonds. The lowest BCUT2D eigenvalue weighted by atomic mass is 9.79. The zero-order chi connectivity index (χ0) is 13.9. The maximum Gasteiger partial charge on any atom is 0.154 e. The Balaban J connectivity index is 2.78. The minimum Gasteiger partial charge on any atom is -0.327 e. The molecule has 0 aliphatic heterocycles. The molecule has 0 aromatic heterocycles. The van der Waals surface area contributed by atoms with E-state index >= 15 is 0 Å². The third-order valence-electron chi connectivity index (χ3n) is 4.50. The van der Waals surface area contributed by atoms with E-state index in [4.69, 9.17) is 5.73 Å². The Morgan fingerprint density at radius 1 is 1.22 bits per heavy atom. The first kappa shape index (κ1) is 16.0. The van der Waals surface area contributed by atoms with E-state index in [-0.39, 0.29) is 17.2 Å². The predicted octanol–water partition coefficient (Wildman–Crippen LogP) is 2.60. The molecule has 0 heterocycles. The first-order valence-corrected chi connectivity index (χ1v) is 8.96. The van der Waals surface area contributed by atoms with Crippen LogP contribution in [0.25, 0.3) is 0 Å². The Bertz CT molecular complexity index is 351. The van der Waals surface area contributed by atoms with Crippen LogP contribution < -0.4 is 5.73 Å². The highest BCUT2D eigenvalue weighted by Crippen LogP contribution is 2.33. The second-order valence-electron chi connectivity index (χ2n) is 6.36. The molecule has 1 aliphatic carbocycles. The smallest absolute Gasteiger partial charge is 0.154 e. The summed E-state index contributed by atoms with van der Waals surface area (Å²) in [5, 5.41) is -0.312. The molecule has 108 valence electrons. The summed E-state index contributed by atoms with van der Waals surface area (Å²) in [6.45, 7) is 8.41. The van der Waals surface area contributed by atoms with Crippen molar-refractivity contribution in [1.82, 2.24) is 0 Å². The van der Waals surface area contributed by atoms with Gasteiger partial charge in [-0.2, -0.15) is 0 Å². The van der Waals surface area contributed by atoms with Crippen LogP contribution in [0.1, 0.15) is 53.4 Å². The lowest BCUT2D eigenvalue weighted by Crippen LogP contribution is -2.47. The number of nitrogens with two attached hydrogens (primary N) is 1. The van der Waals surface area contributed by atoms with Crippen molar-refractivity contribution < 1.29 is 8.42 Å². The fraction of sp³-hybridized carbons (Fsp3) is 1.00. The van der Waals surface area contributed by atoms with Crippen LogP contribution in [0, 0.1) is 17.8 Å². The first-order valence-electron chi connectivity index (χ1n) is 7.25. The molecule has 3 nitrogen and oxygen atoms in total. The number of sulfone groups is 1. The van der Waals surface area contributed by atoms with E-state index in [9.17, 15) is 8.42 Å². The van der Waals surface area contributed by atoms with Gasteiger partial charge in [-0.3, -0.25) is 0 Å². The van der Waals surface area contributed by atoms with Gasteiger partial charge in [0.05, 0.1) is 11.0 Å². The summed E-state index contributed by atoms with van der Waals surface area (Å²) in [6.07, 6.45) is 3.60.